The van der Waals surface area contributed by atoms with Crippen molar-refractivity contribution in [3.8, 4) is 0 Å². The first-order valence-corrected chi connectivity index (χ1v) is 11.0. The summed E-state index contributed by atoms with van der Waals surface area (Å²) in [5, 5.41) is 9.30. The first-order chi connectivity index (χ1) is 13.2. The molecule has 1 saturated heterocycles. The maximum absolute atomic E-state index is 12.5. The van der Waals surface area contributed by atoms with Crippen LogP contribution in [0.15, 0.2) is 30.5 Å². The Labute approximate surface area is 166 Å². The number of carbonyl (C=O) groups is 1. The number of aromatic nitrogens is 4. The summed E-state index contributed by atoms with van der Waals surface area (Å²) in [6.45, 7) is 3.89. The van der Waals surface area contributed by atoms with Gasteiger partial charge >= 0.3 is 0 Å². The summed E-state index contributed by atoms with van der Waals surface area (Å²) in [6, 6.07) is 8.21. The third-order valence-corrected chi connectivity index (χ3v) is 6.47. The van der Waals surface area contributed by atoms with E-state index in [2.05, 4.69) is 33.3 Å². The van der Waals surface area contributed by atoms with Crippen LogP contribution >= 0.6 is 23.1 Å². The lowest BCUT2D eigenvalue weighted by atomic mass is 10.3. The first-order valence-electron chi connectivity index (χ1n) is 8.99. The number of likely N-dealkylation sites (N-methyl/N-ethyl adjacent to an activating group) is 1. The average Bonchev–Trinajstić information content (AvgIpc) is 3.33. The van der Waals surface area contributed by atoms with E-state index < -0.39 is 0 Å². The Morgan fingerprint density at radius 1 is 1.26 bits per heavy atom. The standard InChI is InChI=1S/C18H22N6OS2/c1-22(13-17-19-14-4-2-3-5-16(14)27-17)6-7-24-12-15(20-21-24)18(25)23-8-10-26-11-9-23/h2-5,12H,6-11,13H2,1H3. The highest BCUT2D eigenvalue weighted by molar-refractivity contribution is 7.99. The van der Waals surface area contributed by atoms with Crippen molar-refractivity contribution < 1.29 is 4.79 Å². The van der Waals surface area contributed by atoms with Gasteiger partial charge in [0.1, 0.15) is 5.01 Å². The van der Waals surface area contributed by atoms with Crippen molar-refractivity contribution in [2.45, 2.75) is 13.1 Å². The van der Waals surface area contributed by atoms with Crippen molar-refractivity contribution in [1.82, 2.24) is 29.8 Å². The average molecular weight is 403 g/mol. The van der Waals surface area contributed by atoms with Gasteiger partial charge in [0.05, 0.1) is 29.5 Å². The molecular formula is C18H22N6OS2. The zero-order valence-corrected chi connectivity index (χ0v) is 16.9. The molecule has 0 spiro atoms. The van der Waals surface area contributed by atoms with Gasteiger partial charge in [0, 0.05) is 31.1 Å². The lowest BCUT2D eigenvalue weighted by molar-refractivity contribution is 0.0766. The quantitative estimate of drug-likeness (QED) is 0.630. The van der Waals surface area contributed by atoms with Crippen LogP contribution in [0.5, 0.6) is 0 Å². The molecule has 1 aromatic carbocycles. The smallest absolute Gasteiger partial charge is 0.276 e. The molecule has 0 saturated carbocycles. The molecule has 0 bridgehead atoms. The summed E-state index contributed by atoms with van der Waals surface area (Å²) in [5.41, 5.74) is 1.50. The number of hydrogen-bond donors (Lipinski definition) is 0. The lowest BCUT2D eigenvalue weighted by Crippen LogP contribution is -2.38. The van der Waals surface area contributed by atoms with Gasteiger partial charge in [-0.3, -0.25) is 14.4 Å². The second-order valence-electron chi connectivity index (χ2n) is 6.58. The first kappa shape index (κ1) is 18.4. The Morgan fingerprint density at radius 3 is 2.89 bits per heavy atom. The molecule has 0 radical (unpaired) electrons. The predicted octanol–water partition coefficient (Wildman–Crippen LogP) is 2.21. The maximum atomic E-state index is 12.5. The van der Waals surface area contributed by atoms with E-state index in [4.69, 9.17) is 0 Å². The van der Waals surface area contributed by atoms with Crippen molar-refractivity contribution in [2.75, 3.05) is 38.2 Å². The molecule has 7 nitrogen and oxygen atoms in total. The van der Waals surface area contributed by atoms with Gasteiger partial charge < -0.3 is 4.90 Å². The van der Waals surface area contributed by atoms with E-state index in [0.29, 0.717) is 12.2 Å². The monoisotopic (exact) mass is 402 g/mol. The molecule has 0 unspecified atom stereocenters. The summed E-state index contributed by atoms with van der Waals surface area (Å²) in [5.74, 6) is 1.98. The molecule has 3 aromatic rings. The maximum Gasteiger partial charge on any atom is 0.276 e. The van der Waals surface area contributed by atoms with Crippen LogP contribution in [-0.2, 0) is 13.1 Å². The van der Waals surface area contributed by atoms with Crippen LogP contribution in [0.3, 0.4) is 0 Å². The zero-order valence-electron chi connectivity index (χ0n) is 15.2. The summed E-state index contributed by atoms with van der Waals surface area (Å²) in [7, 11) is 2.07. The van der Waals surface area contributed by atoms with Gasteiger partial charge in [0.25, 0.3) is 5.91 Å². The Balaban J connectivity index is 1.30. The second-order valence-corrected chi connectivity index (χ2v) is 8.92. The van der Waals surface area contributed by atoms with E-state index in [1.54, 1.807) is 22.2 Å². The van der Waals surface area contributed by atoms with Gasteiger partial charge in [0.15, 0.2) is 5.69 Å². The van der Waals surface area contributed by atoms with Crippen LogP contribution in [0, 0.1) is 0 Å². The Kier molecular flexibility index (Phi) is 5.70. The molecule has 2 aromatic heterocycles. The van der Waals surface area contributed by atoms with Crippen LogP contribution < -0.4 is 0 Å². The summed E-state index contributed by atoms with van der Waals surface area (Å²) < 4.78 is 2.97. The summed E-state index contributed by atoms with van der Waals surface area (Å²) in [6.07, 6.45) is 1.76. The van der Waals surface area contributed by atoms with Crippen LogP contribution in [0.25, 0.3) is 10.2 Å². The predicted molar refractivity (Wildman–Crippen MR) is 109 cm³/mol. The molecule has 0 atom stereocenters. The van der Waals surface area contributed by atoms with E-state index >= 15 is 0 Å². The Bertz CT molecular complexity index is 884. The van der Waals surface area contributed by atoms with Crippen molar-refractivity contribution in [3.05, 3.63) is 41.2 Å². The van der Waals surface area contributed by atoms with Crippen LogP contribution in [-0.4, -0.2) is 73.9 Å². The fraction of sp³-hybridized carbons (Fsp3) is 0.444. The highest BCUT2D eigenvalue weighted by atomic mass is 32.2. The summed E-state index contributed by atoms with van der Waals surface area (Å²) >= 11 is 3.62. The van der Waals surface area contributed by atoms with Gasteiger partial charge in [-0.15, -0.1) is 16.4 Å². The molecule has 1 aliphatic rings. The highest BCUT2D eigenvalue weighted by Crippen LogP contribution is 2.22. The lowest BCUT2D eigenvalue weighted by Gasteiger charge is -2.25. The SMILES string of the molecule is CN(CCn1cc(C(=O)N2CCSCC2)nn1)Cc1nc2ccccc2s1. The molecule has 0 aliphatic carbocycles. The van der Waals surface area contributed by atoms with Gasteiger partial charge in [-0.2, -0.15) is 11.8 Å². The minimum Gasteiger partial charge on any atom is -0.336 e. The van der Waals surface area contributed by atoms with E-state index in [-0.39, 0.29) is 5.91 Å². The third-order valence-electron chi connectivity index (χ3n) is 4.51. The fourth-order valence-corrected chi connectivity index (χ4v) is 4.96. The van der Waals surface area contributed by atoms with E-state index in [0.717, 1.165) is 48.2 Å². The molecule has 9 heteroatoms. The number of benzene rings is 1. The van der Waals surface area contributed by atoms with Crippen molar-refractivity contribution in [3.63, 3.8) is 0 Å². The molecular weight excluding hydrogens is 380 g/mol. The van der Waals surface area contributed by atoms with Gasteiger partial charge in [0.2, 0.25) is 0 Å². The zero-order chi connectivity index (χ0) is 18.6. The Morgan fingerprint density at radius 2 is 2.07 bits per heavy atom. The number of amides is 1. The number of nitrogens with zero attached hydrogens (tertiary/aromatic N) is 6. The minimum atomic E-state index is -0.00983. The second kappa shape index (κ2) is 8.37. The fourth-order valence-electron chi connectivity index (χ4n) is 3.00. The van der Waals surface area contributed by atoms with E-state index in [1.807, 2.05) is 34.9 Å². The van der Waals surface area contributed by atoms with Gasteiger partial charge in [-0.1, -0.05) is 17.3 Å². The molecule has 1 fully saturated rings. The van der Waals surface area contributed by atoms with Crippen molar-refractivity contribution >= 4 is 39.2 Å². The normalized spacial score (nSPS) is 15.0. The van der Waals surface area contributed by atoms with E-state index in [1.165, 1.54) is 4.70 Å². The number of para-hydroxylation sites is 1. The number of fused-ring (bicyclic) bond motifs is 1. The summed E-state index contributed by atoms with van der Waals surface area (Å²) in [4.78, 5) is 21.2. The molecule has 27 heavy (non-hydrogen) atoms. The molecule has 3 heterocycles. The number of thiazole rings is 1. The third kappa shape index (κ3) is 4.48. The number of rotatable bonds is 6. The van der Waals surface area contributed by atoms with Crippen molar-refractivity contribution in [2.24, 2.45) is 0 Å². The van der Waals surface area contributed by atoms with Crippen LogP contribution in [0.2, 0.25) is 0 Å². The minimum absolute atomic E-state index is 0.00983. The van der Waals surface area contributed by atoms with Crippen LogP contribution in [0.1, 0.15) is 15.5 Å². The number of hydrogen-bond acceptors (Lipinski definition) is 7. The molecule has 1 aliphatic heterocycles. The van der Waals surface area contributed by atoms with Gasteiger partial charge in [-0.25, -0.2) is 4.98 Å². The molecule has 4 rings (SSSR count). The van der Waals surface area contributed by atoms with Crippen LogP contribution in [0.4, 0.5) is 0 Å². The number of carbonyl (C=O) groups excluding carboxylic acids is 1. The molecule has 0 N–H and O–H groups in total. The topological polar surface area (TPSA) is 67.2 Å². The Hall–Kier alpha value is -1.97. The van der Waals surface area contributed by atoms with Crippen molar-refractivity contribution in [1.29, 1.82) is 0 Å². The van der Waals surface area contributed by atoms with E-state index in [9.17, 15) is 4.79 Å². The molecule has 1 amide bonds. The van der Waals surface area contributed by atoms with Gasteiger partial charge in [-0.05, 0) is 19.2 Å². The largest absolute Gasteiger partial charge is 0.336 e. The highest BCUT2D eigenvalue weighted by Gasteiger charge is 2.21. The molecule has 142 valence electrons. The number of thioether (sulfide) groups is 1.